The van der Waals surface area contributed by atoms with Gasteiger partial charge in [0, 0.05) is 13.1 Å². The Bertz CT molecular complexity index is 452. The molecule has 0 saturated carbocycles. The molecule has 2 nitrogen and oxygen atoms in total. The van der Waals surface area contributed by atoms with Crippen LogP contribution in [0.4, 0.5) is 19.0 Å². The number of halogens is 4. The van der Waals surface area contributed by atoms with E-state index in [0.717, 1.165) is 12.1 Å². The monoisotopic (exact) mass is 294 g/mol. The molecule has 0 radical (unpaired) electrons. The van der Waals surface area contributed by atoms with Crippen LogP contribution in [0.25, 0.3) is 0 Å². The molecule has 0 bridgehead atoms. The number of aromatic nitrogens is 1. The summed E-state index contributed by atoms with van der Waals surface area (Å²) in [5.74, 6) is 0.224. The summed E-state index contributed by atoms with van der Waals surface area (Å²) in [6, 6.07) is 1.87. The molecule has 1 aromatic heterocycles. The molecule has 1 rings (SSSR count). The molecular weight excluding hydrogens is 277 g/mol. The highest BCUT2D eigenvalue weighted by molar-refractivity contribution is 6.29. The van der Waals surface area contributed by atoms with Gasteiger partial charge in [-0.3, -0.25) is 0 Å². The zero-order valence-electron chi connectivity index (χ0n) is 11.6. The maximum absolute atomic E-state index is 12.7. The lowest BCUT2D eigenvalue weighted by Crippen LogP contribution is -2.40. The van der Waals surface area contributed by atoms with Gasteiger partial charge in [0.1, 0.15) is 11.0 Å². The fraction of sp³-hybridized carbons (Fsp3) is 0.615. The molecule has 108 valence electrons. The number of hydrogen-bond acceptors (Lipinski definition) is 2. The van der Waals surface area contributed by atoms with Crippen molar-refractivity contribution in [2.24, 2.45) is 5.41 Å². The fourth-order valence-corrected chi connectivity index (χ4v) is 1.81. The van der Waals surface area contributed by atoms with Gasteiger partial charge in [-0.05, 0) is 24.5 Å². The van der Waals surface area contributed by atoms with E-state index in [2.05, 4.69) is 4.98 Å². The molecule has 6 heteroatoms. The lowest BCUT2D eigenvalue weighted by Gasteiger charge is -2.36. The van der Waals surface area contributed by atoms with E-state index in [-0.39, 0.29) is 22.4 Å². The lowest BCUT2D eigenvalue weighted by molar-refractivity contribution is -0.137. The third kappa shape index (κ3) is 4.00. The second kappa shape index (κ2) is 5.19. The van der Waals surface area contributed by atoms with E-state index in [9.17, 15) is 13.2 Å². The summed E-state index contributed by atoms with van der Waals surface area (Å²) in [4.78, 5) is 5.68. The molecule has 1 aromatic rings. The van der Waals surface area contributed by atoms with Crippen LogP contribution in [-0.4, -0.2) is 18.1 Å². The van der Waals surface area contributed by atoms with Gasteiger partial charge in [0.2, 0.25) is 0 Å². The molecule has 0 aliphatic rings. The van der Waals surface area contributed by atoms with Gasteiger partial charge in [0.25, 0.3) is 0 Å². The smallest absolute Gasteiger partial charge is 0.356 e. The first kappa shape index (κ1) is 16.1. The Morgan fingerprint density at radius 1 is 1.21 bits per heavy atom. The van der Waals surface area contributed by atoms with Crippen molar-refractivity contribution in [1.29, 1.82) is 0 Å². The largest absolute Gasteiger partial charge is 0.416 e. The van der Waals surface area contributed by atoms with Crippen LogP contribution in [-0.2, 0) is 6.18 Å². The Morgan fingerprint density at radius 3 is 2.16 bits per heavy atom. The summed E-state index contributed by atoms with van der Waals surface area (Å²) in [5.41, 5.74) is -0.868. The number of rotatable bonds is 2. The minimum atomic E-state index is -4.42. The van der Waals surface area contributed by atoms with Crippen molar-refractivity contribution in [2.75, 3.05) is 11.9 Å². The molecule has 0 N–H and O–H groups in total. The van der Waals surface area contributed by atoms with Crippen LogP contribution in [0, 0.1) is 5.41 Å². The predicted molar refractivity (Wildman–Crippen MR) is 71.6 cm³/mol. The number of nitrogens with zero attached hydrogens (tertiary/aromatic N) is 2. The Morgan fingerprint density at radius 2 is 1.74 bits per heavy atom. The van der Waals surface area contributed by atoms with Crippen LogP contribution in [0.3, 0.4) is 0 Å². The van der Waals surface area contributed by atoms with Crippen LogP contribution >= 0.6 is 11.6 Å². The summed E-state index contributed by atoms with van der Waals surface area (Å²) in [6.07, 6.45) is -4.42. The Hall–Kier alpha value is -0.970. The highest BCUT2D eigenvalue weighted by Gasteiger charge is 2.33. The number of alkyl halides is 3. The summed E-state index contributed by atoms with van der Waals surface area (Å²) in [7, 11) is 1.72. The molecule has 0 fully saturated rings. The summed E-state index contributed by atoms with van der Waals surface area (Å²) >= 11 is 5.68. The van der Waals surface area contributed by atoms with Gasteiger partial charge in [0.15, 0.2) is 0 Å². The highest BCUT2D eigenvalue weighted by Crippen LogP contribution is 2.34. The van der Waals surface area contributed by atoms with Crippen molar-refractivity contribution in [3.05, 3.63) is 22.8 Å². The molecule has 1 heterocycles. The maximum Gasteiger partial charge on any atom is 0.416 e. The first-order valence-electron chi connectivity index (χ1n) is 5.90. The van der Waals surface area contributed by atoms with Crippen molar-refractivity contribution in [3.63, 3.8) is 0 Å². The second-order valence-electron chi connectivity index (χ2n) is 5.69. The van der Waals surface area contributed by atoms with Crippen LogP contribution < -0.4 is 4.90 Å². The molecule has 1 unspecified atom stereocenters. The van der Waals surface area contributed by atoms with E-state index in [1.165, 1.54) is 0 Å². The standard InChI is InChI=1S/C13H18ClF3N2/c1-8(12(2,3)4)19(5)11-7-9(13(15,16)17)6-10(14)18-11/h6-8H,1-5H3. The number of pyridine rings is 1. The SMILES string of the molecule is CC(N(C)c1cc(C(F)(F)F)cc(Cl)n1)C(C)(C)C. The second-order valence-corrected chi connectivity index (χ2v) is 6.07. The number of anilines is 1. The van der Waals surface area contributed by atoms with Crippen molar-refractivity contribution in [3.8, 4) is 0 Å². The van der Waals surface area contributed by atoms with Crippen molar-refractivity contribution in [2.45, 2.75) is 39.9 Å². The highest BCUT2D eigenvalue weighted by atomic mass is 35.5. The minimum absolute atomic E-state index is 0.0135. The maximum atomic E-state index is 12.7. The molecule has 0 aliphatic heterocycles. The molecule has 19 heavy (non-hydrogen) atoms. The molecule has 0 aliphatic carbocycles. The normalized spacial score (nSPS) is 14.4. The third-order valence-corrected chi connectivity index (χ3v) is 3.50. The van der Waals surface area contributed by atoms with Crippen LogP contribution in [0.2, 0.25) is 5.15 Å². The van der Waals surface area contributed by atoms with E-state index in [4.69, 9.17) is 11.6 Å². The summed E-state index contributed by atoms with van der Waals surface area (Å²) < 4.78 is 38.2. The van der Waals surface area contributed by atoms with Crippen LogP contribution in [0.1, 0.15) is 33.3 Å². The Kier molecular flexibility index (Phi) is 4.40. The van der Waals surface area contributed by atoms with Gasteiger partial charge in [-0.1, -0.05) is 32.4 Å². The van der Waals surface area contributed by atoms with E-state index < -0.39 is 11.7 Å². The van der Waals surface area contributed by atoms with Crippen molar-refractivity contribution >= 4 is 17.4 Å². The van der Waals surface area contributed by atoms with E-state index in [1.54, 1.807) is 11.9 Å². The van der Waals surface area contributed by atoms with Gasteiger partial charge in [-0.2, -0.15) is 13.2 Å². The Labute approximate surface area is 116 Å². The molecule has 1 atom stereocenters. The zero-order valence-corrected chi connectivity index (χ0v) is 12.4. The van der Waals surface area contributed by atoms with Crippen molar-refractivity contribution < 1.29 is 13.2 Å². The van der Waals surface area contributed by atoms with E-state index in [0.29, 0.717) is 0 Å². The first-order valence-corrected chi connectivity index (χ1v) is 6.28. The topological polar surface area (TPSA) is 16.1 Å². The lowest BCUT2D eigenvalue weighted by atomic mass is 9.87. The molecule has 0 aromatic carbocycles. The third-order valence-electron chi connectivity index (χ3n) is 3.30. The van der Waals surface area contributed by atoms with Crippen LogP contribution in [0.15, 0.2) is 12.1 Å². The zero-order chi connectivity index (χ0) is 15.0. The van der Waals surface area contributed by atoms with E-state index in [1.807, 2.05) is 27.7 Å². The van der Waals surface area contributed by atoms with Crippen molar-refractivity contribution in [1.82, 2.24) is 4.98 Å². The Balaban J connectivity index is 3.18. The minimum Gasteiger partial charge on any atom is -0.356 e. The van der Waals surface area contributed by atoms with Crippen LogP contribution in [0.5, 0.6) is 0 Å². The summed E-state index contributed by atoms with van der Waals surface area (Å²) in [6.45, 7) is 7.99. The fourth-order valence-electron chi connectivity index (χ4n) is 1.61. The quantitative estimate of drug-likeness (QED) is 0.740. The van der Waals surface area contributed by atoms with E-state index >= 15 is 0 Å². The average Bonchev–Trinajstić information content (AvgIpc) is 2.23. The van der Waals surface area contributed by atoms with Gasteiger partial charge < -0.3 is 4.90 Å². The number of hydrogen-bond donors (Lipinski definition) is 0. The molecule has 0 saturated heterocycles. The van der Waals surface area contributed by atoms with Gasteiger partial charge >= 0.3 is 6.18 Å². The summed E-state index contributed by atoms with van der Waals surface area (Å²) in [5, 5.41) is -0.155. The first-order chi connectivity index (χ1) is 8.43. The average molecular weight is 295 g/mol. The predicted octanol–water partition coefficient (Wildman–Crippen LogP) is 4.62. The molecular formula is C13H18ClF3N2. The molecule has 0 spiro atoms. The van der Waals surface area contributed by atoms with Gasteiger partial charge in [-0.15, -0.1) is 0 Å². The van der Waals surface area contributed by atoms with Gasteiger partial charge in [0.05, 0.1) is 5.56 Å². The van der Waals surface area contributed by atoms with Gasteiger partial charge in [-0.25, -0.2) is 4.98 Å². The molecule has 0 amide bonds.